The molecule has 0 aliphatic rings. The number of phenols is 2. The van der Waals surface area contributed by atoms with Gasteiger partial charge in [0.25, 0.3) is 5.91 Å². The number of benzene rings is 2. The van der Waals surface area contributed by atoms with Gasteiger partial charge in [-0.25, -0.2) is 0 Å². The molecule has 4 nitrogen and oxygen atoms in total. The highest BCUT2D eigenvalue weighted by Gasteiger charge is 2.09. The van der Waals surface area contributed by atoms with Crippen molar-refractivity contribution in [3.05, 3.63) is 53.6 Å². The fourth-order valence-corrected chi connectivity index (χ4v) is 2.01. The lowest BCUT2D eigenvalue weighted by atomic mass is 10.1. The lowest BCUT2D eigenvalue weighted by Crippen LogP contribution is -2.11. The van der Waals surface area contributed by atoms with Crippen molar-refractivity contribution in [1.29, 1.82) is 0 Å². The summed E-state index contributed by atoms with van der Waals surface area (Å²) in [6, 6.07) is 11.1. The van der Waals surface area contributed by atoms with Gasteiger partial charge in [0.05, 0.1) is 0 Å². The van der Waals surface area contributed by atoms with Crippen LogP contribution >= 0.6 is 11.6 Å². The number of hydrogen-bond acceptors (Lipinski definition) is 3. The third kappa shape index (κ3) is 3.65. The number of phenolic OH excluding ortho intramolecular Hbond substituents is 2. The number of carbonyl (C=O) groups excluding carboxylic acids is 1. The molecule has 0 saturated heterocycles. The van der Waals surface area contributed by atoms with E-state index >= 15 is 0 Å². The van der Waals surface area contributed by atoms with E-state index in [0.717, 1.165) is 18.1 Å². The quantitative estimate of drug-likeness (QED) is 0.758. The second-order valence-corrected chi connectivity index (χ2v) is 4.71. The second-order valence-electron chi connectivity index (χ2n) is 4.33. The van der Waals surface area contributed by atoms with Crippen LogP contribution in [0, 0.1) is 0 Å². The lowest BCUT2D eigenvalue weighted by molar-refractivity contribution is 0.102. The van der Waals surface area contributed by atoms with Crippen molar-refractivity contribution < 1.29 is 15.0 Å². The van der Waals surface area contributed by atoms with Crippen LogP contribution < -0.4 is 5.32 Å². The molecule has 0 radical (unpaired) electrons. The van der Waals surface area contributed by atoms with E-state index in [-0.39, 0.29) is 17.1 Å². The molecule has 1 amide bonds. The average Bonchev–Trinajstić information content (AvgIpc) is 2.40. The molecule has 0 bridgehead atoms. The van der Waals surface area contributed by atoms with Gasteiger partial charge in [0.2, 0.25) is 0 Å². The van der Waals surface area contributed by atoms with Gasteiger partial charge in [-0.2, -0.15) is 0 Å². The van der Waals surface area contributed by atoms with Crippen LogP contribution in [0.1, 0.15) is 15.9 Å². The molecule has 0 aliphatic heterocycles. The summed E-state index contributed by atoms with van der Waals surface area (Å²) in [5, 5.41) is 21.4. The predicted molar refractivity (Wildman–Crippen MR) is 78.6 cm³/mol. The second kappa shape index (κ2) is 6.30. The first kappa shape index (κ1) is 14.2. The maximum Gasteiger partial charge on any atom is 0.255 e. The minimum atomic E-state index is -0.402. The van der Waals surface area contributed by atoms with Crippen molar-refractivity contribution >= 4 is 23.2 Å². The fraction of sp³-hybridized carbons (Fsp3) is 0.133. The maximum absolute atomic E-state index is 12.0. The Morgan fingerprint density at radius 2 is 1.65 bits per heavy atom. The largest absolute Gasteiger partial charge is 0.508 e. The first-order chi connectivity index (χ1) is 9.58. The van der Waals surface area contributed by atoms with Crippen molar-refractivity contribution in [3.8, 4) is 11.5 Å². The van der Waals surface area contributed by atoms with Gasteiger partial charge in [-0.15, -0.1) is 11.6 Å². The van der Waals surface area contributed by atoms with Crippen LogP contribution in [0.3, 0.4) is 0 Å². The normalized spacial score (nSPS) is 10.2. The van der Waals surface area contributed by atoms with Crippen molar-refractivity contribution in [2.45, 2.75) is 6.42 Å². The molecule has 0 heterocycles. The molecule has 0 saturated carbocycles. The third-order valence-electron chi connectivity index (χ3n) is 2.76. The van der Waals surface area contributed by atoms with Crippen molar-refractivity contribution in [2.24, 2.45) is 0 Å². The van der Waals surface area contributed by atoms with E-state index in [1.807, 2.05) is 12.1 Å². The van der Waals surface area contributed by atoms with Crippen LogP contribution in [0.25, 0.3) is 0 Å². The Hall–Kier alpha value is -2.20. The fourth-order valence-electron chi connectivity index (χ4n) is 1.79. The van der Waals surface area contributed by atoms with Gasteiger partial charge in [-0.1, -0.05) is 12.1 Å². The number of aromatic hydroxyl groups is 2. The van der Waals surface area contributed by atoms with Crippen LogP contribution in [0.4, 0.5) is 5.69 Å². The van der Waals surface area contributed by atoms with E-state index in [1.165, 1.54) is 12.1 Å². The van der Waals surface area contributed by atoms with Crippen LogP contribution in [0.2, 0.25) is 0 Å². The Kier molecular flexibility index (Phi) is 4.48. The smallest absolute Gasteiger partial charge is 0.255 e. The number of nitrogens with one attached hydrogen (secondary N) is 1. The van der Waals surface area contributed by atoms with Crippen LogP contribution in [-0.2, 0) is 6.42 Å². The van der Waals surface area contributed by atoms with E-state index in [9.17, 15) is 15.0 Å². The van der Waals surface area contributed by atoms with Gasteiger partial charge >= 0.3 is 0 Å². The SMILES string of the molecule is O=C(Nc1ccc(CCCl)cc1)c1cc(O)cc(O)c1. The Labute approximate surface area is 121 Å². The molecule has 2 aromatic carbocycles. The van der Waals surface area contributed by atoms with Gasteiger partial charge in [-0.3, -0.25) is 4.79 Å². The highest BCUT2D eigenvalue weighted by molar-refractivity contribution is 6.18. The van der Waals surface area contributed by atoms with Gasteiger partial charge in [0.1, 0.15) is 11.5 Å². The molecule has 3 N–H and O–H groups in total. The van der Waals surface area contributed by atoms with Gasteiger partial charge in [-0.05, 0) is 36.2 Å². The number of carbonyl (C=O) groups is 1. The number of alkyl halides is 1. The Bertz CT molecular complexity index is 591. The van der Waals surface area contributed by atoms with Crippen LogP contribution in [0.15, 0.2) is 42.5 Å². The zero-order chi connectivity index (χ0) is 14.5. The molecule has 0 spiro atoms. The number of halogens is 1. The maximum atomic E-state index is 12.0. The first-order valence-corrected chi connectivity index (χ1v) is 6.61. The first-order valence-electron chi connectivity index (χ1n) is 6.08. The summed E-state index contributed by atoms with van der Waals surface area (Å²) in [6.07, 6.45) is 0.774. The molecule has 0 aliphatic carbocycles. The Morgan fingerprint density at radius 3 is 2.20 bits per heavy atom. The van der Waals surface area contributed by atoms with Gasteiger partial charge in [0, 0.05) is 23.2 Å². The highest BCUT2D eigenvalue weighted by atomic mass is 35.5. The van der Waals surface area contributed by atoms with Crippen molar-refractivity contribution in [2.75, 3.05) is 11.2 Å². The lowest BCUT2D eigenvalue weighted by Gasteiger charge is -2.07. The number of anilines is 1. The number of aryl methyl sites for hydroxylation is 1. The van der Waals surface area contributed by atoms with Crippen LogP contribution in [0.5, 0.6) is 11.5 Å². The van der Waals surface area contributed by atoms with E-state index in [0.29, 0.717) is 11.6 Å². The minimum Gasteiger partial charge on any atom is -0.508 e. The van der Waals surface area contributed by atoms with Gasteiger partial charge < -0.3 is 15.5 Å². The predicted octanol–water partition coefficient (Wildman–Crippen LogP) is 3.13. The van der Waals surface area contributed by atoms with Gasteiger partial charge in [0.15, 0.2) is 0 Å². The van der Waals surface area contributed by atoms with E-state index in [4.69, 9.17) is 11.6 Å². The molecular weight excluding hydrogens is 278 g/mol. The van der Waals surface area contributed by atoms with E-state index < -0.39 is 5.91 Å². The molecule has 2 aromatic rings. The molecular formula is C15H14ClNO3. The summed E-state index contributed by atoms with van der Waals surface area (Å²) >= 11 is 5.65. The minimum absolute atomic E-state index is 0.160. The molecule has 0 unspecified atom stereocenters. The monoisotopic (exact) mass is 291 g/mol. The topological polar surface area (TPSA) is 69.6 Å². The summed E-state index contributed by atoms with van der Waals surface area (Å²) in [5.74, 6) is -0.171. The summed E-state index contributed by atoms with van der Waals surface area (Å²) in [5.41, 5.74) is 1.91. The third-order valence-corrected chi connectivity index (χ3v) is 2.95. The van der Waals surface area contributed by atoms with Crippen LogP contribution in [-0.4, -0.2) is 22.0 Å². The number of rotatable bonds is 4. The zero-order valence-corrected chi connectivity index (χ0v) is 11.4. The molecule has 0 fully saturated rings. The Balaban J connectivity index is 2.10. The molecule has 0 aromatic heterocycles. The Morgan fingerprint density at radius 1 is 1.05 bits per heavy atom. The summed E-state index contributed by atoms with van der Waals surface area (Å²) in [7, 11) is 0. The summed E-state index contributed by atoms with van der Waals surface area (Å²) in [6.45, 7) is 0. The van der Waals surface area contributed by atoms with E-state index in [2.05, 4.69) is 5.32 Å². The van der Waals surface area contributed by atoms with Crippen molar-refractivity contribution in [1.82, 2.24) is 0 Å². The summed E-state index contributed by atoms with van der Waals surface area (Å²) in [4.78, 5) is 12.0. The molecule has 5 heteroatoms. The average molecular weight is 292 g/mol. The molecule has 20 heavy (non-hydrogen) atoms. The van der Waals surface area contributed by atoms with Crippen molar-refractivity contribution in [3.63, 3.8) is 0 Å². The van der Waals surface area contributed by atoms with E-state index in [1.54, 1.807) is 12.1 Å². The standard InChI is InChI=1S/C15H14ClNO3/c16-6-5-10-1-3-12(4-2-10)17-15(20)11-7-13(18)9-14(19)8-11/h1-4,7-9,18-19H,5-6H2,(H,17,20). The molecule has 0 atom stereocenters. The highest BCUT2D eigenvalue weighted by Crippen LogP contribution is 2.21. The zero-order valence-electron chi connectivity index (χ0n) is 10.6. The number of hydrogen-bond donors (Lipinski definition) is 3. The molecule has 104 valence electrons. The molecule has 2 rings (SSSR count). The number of amides is 1. The summed E-state index contributed by atoms with van der Waals surface area (Å²) < 4.78 is 0.